The van der Waals surface area contributed by atoms with Crippen molar-refractivity contribution in [2.24, 2.45) is 0 Å². The molecular formula is C12H17ClNO-. The predicted octanol–water partition coefficient (Wildman–Crippen LogP) is -0.635. The maximum absolute atomic E-state index is 5.35. The van der Waals surface area contributed by atoms with Crippen LogP contribution in [0.3, 0.4) is 0 Å². The predicted molar refractivity (Wildman–Crippen MR) is 59.5 cm³/mol. The molecule has 0 aliphatic rings. The van der Waals surface area contributed by atoms with Gasteiger partial charge in [-0.25, -0.2) is 0 Å². The lowest BCUT2D eigenvalue weighted by molar-refractivity contribution is -0.00000351. The van der Waals surface area contributed by atoms with Crippen molar-refractivity contribution in [3.63, 3.8) is 0 Å². The fraction of sp³-hybridized carbons (Fsp3) is 0.333. The van der Waals surface area contributed by atoms with Crippen molar-refractivity contribution in [1.29, 1.82) is 0 Å². The largest absolute Gasteiger partial charge is 1.00 e. The van der Waals surface area contributed by atoms with E-state index >= 15 is 0 Å². The van der Waals surface area contributed by atoms with Crippen molar-refractivity contribution in [2.75, 3.05) is 13.2 Å². The molecule has 0 amide bonds. The summed E-state index contributed by atoms with van der Waals surface area (Å²) in [6, 6.07) is 8.13. The molecule has 0 heterocycles. The molecule has 0 saturated carbocycles. The second-order valence-electron chi connectivity index (χ2n) is 3.00. The maximum atomic E-state index is 5.35. The van der Waals surface area contributed by atoms with Crippen molar-refractivity contribution in [3.8, 4) is 5.75 Å². The zero-order chi connectivity index (χ0) is 10.2. The molecule has 3 heteroatoms. The number of nitrogens with one attached hydrogen (secondary N) is 1. The third kappa shape index (κ3) is 5.45. The van der Waals surface area contributed by atoms with Gasteiger partial charge in [-0.05, 0) is 24.6 Å². The third-order valence-corrected chi connectivity index (χ3v) is 1.85. The average molecular weight is 227 g/mol. The molecule has 1 aromatic rings. The zero-order valence-electron chi connectivity index (χ0n) is 9.00. The van der Waals surface area contributed by atoms with Crippen LogP contribution in [0.25, 0.3) is 0 Å². The van der Waals surface area contributed by atoms with Gasteiger partial charge in [0.2, 0.25) is 0 Å². The zero-order valence-corrected chi connectivity index (χ0v) is 9.76. The van der Waals surface area contributed by atoms with Gasteiger partial charge in [0.1, 0.15) is 5.75 Å². The molecule has 0 fully saturated rings. The van der Waals surface area contributed by atoms with Gasteiger partial charge in [0, 0.05) is 13.1 Å². The molecule has 0 unspecified atom stereocenters. The first-order valence-corrected chi connectivity index (χ1v) is 4.90. The molecule has 1 N–H and O–H groups in total. The van der Waals surface area contributed by atoms with E-state index < -0.39 is 0 Å². The first-order valence-electron chi connectivity index (χ1n) is 4.90. The third-order valence-electron chi connectivity index (χ3n) is 1.85. The second-order valence-corrected chi connectivity index (χ2v) is 3.00. The summed E-state index contributed by atoms with van der Waals surface area (Å²) < 4.78 is 5.35. The Morgan fingerprint density at radius 3 is 2.53 bits per heavy atom. The molecule has 0 radical (unpaired) electrons. The van der Waals surface area contributed by atoms with Crippen LogP contribution in [0.2, 0.25) is 0 Å². The Morgan fingerprint density at radius 2 is 2.00 bits per heavy atom. The van der Waals surface area contributed by atoms with Crippen LogP contribution in [0.4, 0.5) is 0 Å². The molecule has 0 spiro atoms. The van der Waals surface area contributed by atoms with Crippen molar-refractivity contribution < 1.29 is 17.1 Å². The van der Waals surface area contributed by atoms with E-state index in [4.69, 9.17) is 4.74 Å². The van der Waals surface area contributed by atoms with Gasteiger partial charge >= 0.3 is 0 Å². The Bertz CT molecular complexity index is 271. The normalized spacial score (nSPS) is 9.13. The van der Waals surface area contributed by atoms with Crippen LogP contribution < -0.4 is 22.5 Å². The summed E-state index contributed by atoms with van der Waals surface area (Å²) in [4.78, 5) is 0. The van der Waals surface area contributed by atoms with Crippen LogP contribution in [0.15, 0.2) is 36.9 Å². The molecule has 0 saturated heterocycles. The number of halogens is 1. The molecule has 0 bridgehead atoms. The van der Waals surface area contributed by atoms with Crippen LogP contribution in [-0.4, -0.2) is 13.2 Å². The van der Waals surface area contributed by atoms with E-state index in [0.29, 0.717) is 6.61 Å². The molecule has 84 valence electrons. The molecule has 0 aliphatic carbocycles. The highest BCUT2D eigenvalue weighted by Gasteiger charge is 1.93. The van der Waals surface area contributed by atoms with Crippen molar-refractivity contribution >= 4 is 0 Å². The summed E-state index contributed by atoms with van der Waals surface area (Å²) >= 11 is 0. The van der Waals surface area contributed by atoms with Crippen LogP contribution in [0, 0.1) is 0 Å². The molecule has 1 aromatic carbocycles. The van der Waals surface area contributed by atoms with E-state index in [2.05, 4.69) is 24.0 Å². The van der Waals surface area contributed by atoms with Crippen LogP contribution >= 0.6 is 0 Å². The number of hydrogen-bond acceptors (Lipinski definition) is 2. The van der Waals surface area contributed by atoms with E-state index in [-0.39, 0.29) is 12.4 Å². The molecule has 0 aromatic heterocycles. The highest BCUT2D eigenvalue weighted by Crippen LogP contribution is 2.11. The number of benzene rings is 1. The first kappa shape index (κ1) is 14.0. The molecule has 15 heavy (non-hydrogen) atoms. The van der Waals surface area contributed by atoms with Crippen molar-refractivity contribution in [2.45, 2.75) is 13.5 Å². The van der Waals surface area contributed by atoms with Crippen molar-refractivity contribution in [3.05, 3.63) is 42.5 Å². The smallest absolute Gasteiger partial charge is 0.119 e. The van der Waals surface area contributed by atoms with E-state index in [1.807, 2.05) is 25.1 Å². The summed E-state index contributed by atoms with van der Waals surface area (Å²) in [6.07, 6.45) is 1.86. The lowest BCUT2D eigenvalue weighted by atomic mass is 10.2. The highest BCUT2D eigenvalue weighted by molar-refractivity contribution is 5.27. The minimum atomic E-state index is 0. The van der Waals surface area contributed by atoms with Gasteiger partial charge in [-0.15, -0.1) is 6.58 Å². The van der Waals surface area contributed by atoms with Crippen LogP contribution in [-0.2, 0) is 6.54 Å². The van der Waals surface area contributed by atoms with Gasteiger partial charge in [-0.1, -0.05) is 18.2 Å². The first-order chi connectivity index (χ1) is 6.86. The SMILES string of the molecule is C=CCNCc1ccc(OCC)cc1.[Cl-]. The topological polar surface area (TPSA) is 21.3 Å². The Balaban J connectivity index is 0.00000196. The van der Waals surface area contributed by atoms with Gasteiger partial charge in [0.15, 0.2) is 0 Å². The number of hydrogen-bond donors (Lipinski definition) is 1. The van der Waals surface area contributed by atoms with Gasteiger partial charge in [0.05, 0.1) is 6.61 Å². The molecular weight excluding hydrogens is 210 g/mol. The Kier molecular flexibility index (Phi) is 7.78. The van der Waals surface area contributed by atoms with Gasteiger partial charge in [-0.3, -0.25) is 0 Å². The minimum absolute atomic E-state index is 0. The van der Waals surface area contributed by atoms with Gasteiger partial charge < -0.3 is 22.5 Å². The average Bonchev–Trinajstić information content (AvgIpc) is 2.21. The summed E-state index contributed by atoms with van der Waals surface area (Å²) in [5, 5.41) is 3.24. The number of rotatable bonds is 6. The molecule has 0 atom stereocenters. The Labute approximate surface area is 97.7 Å². The second kappa shape index (κ2) is 8.33. The monoisotopic (exact) mass is 226 g/mol. The summed E-state index contributed by atoms with van der Waals surface area (Å²) in [7, 11) is 0. The van der Waals surface area contributed by atoms with Crippen LogP contribution in [0.1, 0.15) is 12.5 Å². The van der Waals surface area contributed by atoms with Gasteiger partial charge in [0.25, 0.3) is 0 Å². The van der Waals surface area contributed by atoms with Crippen LogP contribution in [0.5, 0.6) is 5.75 Å². The highest BCUT2D eigenvalue weighted by atomic mass is 35.5. The fourth-order valence-corrected chi connectivity index (χ4v) is 1.19. The molecule has 1 rings (SSSR count). The summed E-state index contributed by atoms with van der Waals surface area (Å²) in [6.45, 7) is 8.06. The quantitative estimate of drug-likeness (QED) is 0.515. The Morgan fingerprint density at radius 1 is 1.33 bits per heavy atom. The fourth-order valence-electron chi connectivity index (χ4n) is 1.19. The van der Waals surface area contributed by atoms with Gasteiger partial charge in [-0.2, -0.15) is 0 Å². The molecule has 0 aliphatic heterocycles. The molecule has 2 nitrogen and oxygen atoms in total. The summed E-state index contributed by atoms with van der Waals surface area (Å²) in [5.41, 5.74) is 1.26. The Hall–Kier alpha value is -0.990. The van der Waals surface area contributed by atoms with Crippen molar-refractivity contribution in [1.82, 2.24) is 5.32 Å². The maximum Gasteiger partial charge on any atom is 0.119 e. The standard InChI is InChI=1S/C12H17NO.ClH/c1-3-9-13-10-11-5-7-12(8-6-11)14-4-2;/h3,5-8,13H,1,4,9-10H2,2H3;1H/p-1. The number of ether oxygens (including phenoxy) is 1. The van der Waals surface area contributed by atoms with E-state index in [0.717, 1.165) is 18.8 Å². The summed E-state index contributed by atoms with van der Waals surface area (Å²) in [5.74, 6) is 0.931. The lowest BCUT2D eigenvalue weighted by Crippen LogP contribution is -3.00. The van der Waals surface area contributed by atoms with E-state index in [9.17, 15) is 0 Å². The lowest BCUT2D eigenvalue weighted by Gasteiger charge is -2.05. The van der Waals surface area contributed by atoms with E-state index in [1.165, 1.54) is 5.56 Å². The van der Waals surface area contributed by atoms with E-state index in [1.54, 1.807) is 0 Å². The minimum Gasteiger partial charge on any atom is -1.00 e.